The molecule has 2 aliphatic heterocycles. The Hall–Kier alpha value is -3.23. The fourth-order valence-corrected chi connectivity index (χ4v) is 4.65. The number of rotatable bonds is 8. The molecule has 35 heavy (non-hydrogen) atoms. The van der Waals surface area contributed by atoms with E-state index in [4.69, 9.17) is 0 Å². The van der Waals surface area contributed by atoms with E-state index in [1.807, 2.05) is 69.3 Å². The first-order chi connectivity index (χ1) is 16.7. The molecule has 8 nitrogen and oxygen atoms in total. The summed E-state index contributed by atoms with van der Waals surface area (Å²) in [6.45, 7) is 9.22. The average Bonchev–Trinajstić information content (AvgIpc) is 3.06. The number of nitrogens with zero attached hydrogens (tertiary/aromatic N) is 3. The summed E-state index contributed by atoms with van der Waals surface area (Å²) in [6.07, 6.45) is 1.28. The van der Waals surface area contributed by atoms with E-state index in [0.717, 1.165) is 28.8 Å². The fourth-order valence-electron chi connectivity index (χ4n) is 4.65. The Kier molecular flexibility index (Phi) is 7.52. The summed E-state index contributed by atoms with van der Waals surface area (Å²) in [5.74, 6) is -0.204. The van der Waals surface area contributed by atoms with E-state index in [9.17, 15) is 14.4 Å². The Bertz CT molecular complexity index is 1080. The third-order valence-corrected chi connectivity index (χ3v) is 7.15. The molecule has 2 fully saturated rings. The quantitative estimate of drug-likeness (QED) is 0.571. The van der Waals surface area contributed by atoms with Gasteiger partial charge in [-0.2, -0.15) is 0 Å². The van der Waals surface area contributed by atoms with Crippen molar-refractivity contribution >= 4 is 23.5 Å². The van der Waals surface area contributed by atoms with Crippen LogP contribution in [0.25, 0.3) is 0 Å². The summed E-state index contributed by atoms with van der Waals surface area (Å²) < 4.78 is 0. The zero-order chi connectivity index (χ0) is 25.0. The maximum absolute atomic E-state index is 13.1. The van der Waals surface area contributed by atoms with Crippen LogP contribution in [-0.2, 0) is 16.0 Å². The fraction of sp³-hybridized carbons (Fsp3) is 0.444. The smallest absolute Gasteiger partial charge is 0.325 e. The highest BCUT2D eigenvalue weighted by Gasteiger charge is 2.47. The Labute approximate surface area is 207 Å². The van der Waals surface area contributed by atoms with Gasteiger partial charge in [0.25, 0.3) is 5.91 Å². The second-order valence-electron chi connectivity index (χ2n) is 9.81. The van der Waals surface area contributed by atoms with Crippen LogP contribution in [0.3, 0.4) is 0 Å². The molecule has 2 aliphatic rings. The second kappa shape index (κ2) is 10.6. The van der Waals surface area contributed by atoms with Crippen molar-refractivity contribution in [1.29, 1.82) is 0 Å². The van der Waals surface area contributed by atoms with Crippen LogP contribution in [0.1, 0.15) is 30.0 Å². The highest BCUT2D eigenvalue weighted by Crippen LogP contribution is 2.24. The molecule has 8 heteroatoms. The molecule has 2 aromatic rings. The normalized spacial score (nSPS) is 21.3. The van der Waals surface area contributed by atoms with Crippen LogP contribution in [0.5, 0.6) is 0 Å². The number of hydrogen-bond donors (Lipinski definition) is 2. The van der Waals surface area contributed by atoms with Gasteiger partial charge in [0, 0.05) is 31.9 Å². The van der Waals surface area contributed by atoms with Gasteiger partial charge in [-0.05, 0) is 56.4 Å². The van der Waals surface area contributed by atoms with Gasteiger partial charge in [0.05, 0.1) is 13.2 Å². The van der Waals surface area contributed by atoms with Crippen molar-refractivity contribution in [3.05, 3.63) is 65.2 Å². The van der Waals surface area contributed by atoms with Crippen molar-refractivity contribution in [1.82, 2.24) is 20.0 Å². The van der Waals surface area contributed by atoms with Crippen LogP contribution in [-0.4, -0.2) is 77.5 Å². The molecule has 186 valence electrons. The van der Waals surface area contributed by atoms with E-state index in [-0.39, 0.29) is 24.5 Å². The minimum Gasteiger partial charge on any atom is -0.325 e. The zero-order valence-electron chi connectivity index (χ0n) is 20.8. The average molecular weight is 478 g/mol. The third kappa shape index (κ3) is 5.89. The lowest BCUT2D eigenvalue weighted by Crippen LogP contribution is -2.52. The SMILES string of the molecule is Cc1cccc(NC(=O)CN2CCN(CN3C(=O)N[C@@](C)(CCc4ccccc4)C3=O)CC2)c1C. The summed E-state index contributed by atoms with van der Waals surface area (Å²) >= 11 is 0. The van der Waals surface area contributed by atoms with E-state index in [1.165, 1.54) is 4.90 Å². The standard InChI is InChI=1S/C27H35N5O3/c1-20-8-7-11-23(21(20)2)28-24(33)18-30-14-16-31(17-15-30)19-32-25(34)27(3,29-26(32)35)13-12-22-9-5-4-6-10-22/h4-11H,12-19H2,1-3H3,(H,28,33)(H,29,35)/t27-/m0/s1. The van der Waals surface area contributed by atoms with Gasteiger partial charge in [-0.3, -0.25) is 19.4 Å². The first-order valence-corrected chi connectivity index (χ1v) is 12.2. The zero-order valence-corrected chi connectivity index (χ0v) is 20.8. The van der Waals surface area contributed by atoms with Crippen molar-refractivity contribution in [2.24, 2.45) is 0 Å². The molecule has 0 aromatic heterocycles. The maximum atomic E-state index is 13.1. The van der Waals surface area contributed by atoms with Gasteiger partial charge < -0.3 is 10.6 Å². The molecule has 2 aromatic carbocycles. The molecule has 0 unspecified atom stereocenters. The van der Waals surface area contributed by atoms with E-state index in [2.05, 4.69) is 20.4 Å². The molecular formula is C27H35N5O3. The lowest BCUT2D eigenvalue weighted by molar-refractivity contribution is -0.132. The van der Waals surface area contributed by atoms with Crippen LogP contribution in [0, 0.1) is 13.8 Å². The van der Waals surface area contributed by atoms with Gasteiger partial charge >= 0.3 is 6.03 Å². The molecule has 2 saturated heterocycles. The number of anilines is 1. The maximum Gasteiger partial charge on any atom is 0.326 e. The number of piperazine rings is 1. The summed E-state index contributed by atoms with van der Waals surface area (Å²) in [7, 11) is 0. The molecule has 0 radical (unpaired) electrons. The number of nitrogens with one attached hydrogen (secondary N) is 2. The lowest BCUT2D eigenvalue weighted by atomic mass is 9.93. The molecule has 2 heterocycles. The molecule has 0 spiro atoms. The number of hydrogen-bond acceptors (Lipinski definition) is 5. The monoisotopic (exact) mass is 477 g/mol. The second-order valence-corrected chi connectivity index (χ2v) is 9.81. The molecule has 0 saturated carbocycles. The minimum atomic E-state index is -0.888. The van der Waals surface area contributed by atoms with Gasteiger partial charge in [0.2, 0.25) is 5.91 Å². The topological polar surface area (TPSA) is 85.0 Å². The predicted molar refractivity (Wildman–Crippen MR) is 136 cm³/mol. The van der Waals surface area contributed by atoms with Crippen molar-refractivity contribution in [3.63, 3.8) is 0 Å². The van der Waals surface area contributed by atoms with Gasteiger partial charge in [-0.15, -0.1) is 0 Å². The van der Waals surface area contributed by atoms with Crippen LogP contribution >= 0.6 is 0 Å². The predicted octanol–water partition coefficient (Wildman–Crippen LogP) is 2.76. The van der Waals surface area contributed by atoms with Crippen LogP contribution < -0.4 is 10.6 Å². The van der Waals surface area contributed by atoms with E-state index >= 15 is 0 Å². The minimum absolute atomic E-state index is 0.0320. The Balaban J connectivity index is 1.24. The largest absolute Gasteiger partial charge is 0.326 e. The molecule has 2 N–H and O–H groups in total. The Morgan fingerprint density at radius 3 is 2.37 bits per heavy atom. The first-order valence-electron chi connectivity index (χ1n) is 12.2. The van der Waals surface area contributed by atoms with Crippen molar-refractivity contribution in [3.8, 4) is 0 Å². The molecule has 1 atom stereocenters. The first kappa shape index (κ1) is 24.9. The van der Waals surface area contributed by atoms with E-state index in [1.54, 1.807) is 0 Å². The molecule has 0 aliphatic carbocycles. The molecule has 4 rings (SSSR count). The van der Waals surface area contributed by atoms with E-state index < -0.39 is 5.54 Å². The number of imide groups is 1. The van der Waals surface area contributed by atoms with Gasteiger partial charge in [-0.1, -0.05) is 42.5 Å². The number of amides is 4. The summed E-state index contributed by atoms with van der Waals surface area (Å²) in [6, 6.07) is 15.5. The summed E-state index contributed by atoms with van der Waals surface area (Å²) in [4.78, 5) is 43.8. The summed E-state index contributed by atoms with van der Waals surface area (Å²) in [5.41, 5.74) is 3.33. The number of carbonyl (C=O) groups excluding carboxylic acids is 3. The lowest BCUT2D eigenvalue weighted by Gasteiger charge is -2.35. The molecular weight excluding hydrogens is 442 g/mol. The number of urea groups is 1. The highest BCUT2D eigenvalue weighted by molar-refractivity contribution is 6.06. The van der Waals surface area contributed by atoms with Crippen LogP contribution in [0.4, 0.5) is 10.5 Å². The summed E-state index contributed by atoms with van der Waals surface area (Å²) in [5, 5.41) is 5.92. The van der Waals surface area contributed by atoms with Gasteiger partial charge in [0.15, 0.2) is 0 Å². The highest BCUT2D eigenvalue weighted by atomic mass is 16.2. The number of carbonyl (C=O) groups is 3. The van der Waals surface area contributed by atoms with E-state index in [0.29, 0.717) is 39.1 Å². The van der Waals surface area contributed by atoms with Gasteiger partial charge in [-0.25, -0.2) is 9.69 Å². The number of aryl methyl sites for hydroxylation is 2. The van der Waals surface area contributed by atoms with Crippen molar-refractivity contribution in [2.45, 2.75) is 39.2 Å². The van der Waals surface area contributed by atoms with Crippen LogP contribution in [0.2, 0.25) is 0 Å². The van der Waals surface area contributed by atoms with Crippen molar-refractivity contribution in [2.75, 3.05) is 44.7 Å². The Morgan fingerprint density at radius 1 is 0.971 bits per heavy atom. The third-order valence-electron chi connectivity index (χ3n) is 7.15. The molecule has 4 amide bonds. The molecule has 0 bridgehead atoms. The van der Waals surface area contributed by atoms with Crippen LogP contribution in [0.15, 0.2) is 48.5 Å². The van der Waals surface area contributed by atoms with Gasteiger partial charge in [0.1, 0.15) is 5.54 Å². The number of benzene rings is 2. The van der Waals surface area contributed by atoms with Crippen molar-refractivity contribution < 1.29 is 14.4 Å². The Morgan fingerprint density at radius 2 is 1.66 bits per heavy atom.